The van der Waals surface area contributed by atoms with E-state index < -0.39 is 8.80 Å². The summed E-state index contributed by atoms with van der Waals surface area (Å²) in [6, 6.07) is 1.25. The van der Waals surface area contributed by atoms with Gasteiger partial charge in [0.05, 0.1) is 0 Å². The third kappa shape index (κ3) is 4.87. The number of methoxy groups -OCH3 is 2. The molecule has 0 spiro atoms. The average Bonchev–Trinajstić information content (AvgIpc) is 2.07. The molecule has 0 fully saturated rings. The molecule has 1 atom stereocenters. The Bertz CT molecular complexity index is 99.1. The van der Waals surface area contributed by atoms with Gasteiger partial charge in [0.1, 0.15) is 14.7 Å². The van der Waals surface area contributed by atoms with E-state index in [0.29, 0.717) is 0 Å². The lowest BCUT2D eigenvalue weighted by Crippen LogP contribution is -2.31. The van der Waals surface area contributed by atoms with E-state index in [-0.39, 0.29) is 5.91 Å². The molecule has 0 rings (SSSR count). The Labute approximate surface area is 76.8 Å². The summed E-state index contributed by atoms with van der Waals surface area (Å²) in [6.07, 6.45) is 2.34. The molecule has 0 aromatic carbocycles. The lowest BCUT2D eigenvalue weighted by atomic mass is 10.3. The Morgan fingerprint density at radius 3 is 2.25 bits per heavy atom. The molecule has 12 heavy (non-hydrogen) atoms. The molecule has 1 unspecified atom stereocenters. The first kappa shape index (κ1) is 12.1. The van der Waals surface area contributed by atoms with Crippen molar-refractivity contribution < 1.29 is 9.47 Å². The molecule has 0 aliphatic carbocycles. The van der Waals surface area contributed by atoms with Gasteiger partial charge >= 0.3 is 0 Å². The van der Waals surface area contributed by atoms with Gasteiger partial charge in [0.25, 0.3) is 0 Å². The van der Waals surface area contributed by atoms with Crippen LogP contribution in [-0.2, 0) is 9.47 Å². The van der Waals surface area contributed by atoms with Crippen LogP contribution in [0.5, 0.6) is 0 Å². The van der Waals surface area contributed by atoms with Gasteiger partial charge in [-0.15, -0.1) is 0 Å². The summed E-state index contributed by atoms with van der Waals surface area (Å²) in [5, 5.41) is 0. The van der Waals surface area contributed by atoms with Gasteiger partial charge in [-0.1, -0.05) is 19.0 Å². The molecular weight excluding hydrogens is 170 g/mol. The molecule has 74 valence electrons. The minimum Gasteiger partial charge on any atom is -0.360 e. The highest BCUT2D eigenvalue weighted by Gasteiger charge is 2.16. The van der Waals surface area contributed by atoms with Crippen LogP contribution in [-0.4, -0.2) is 35.5 Å². The SMILES string of the molecule is COC(OC)[SiH](C)CCCCN. The normalized spacial score (nSPS) is 13.8. The molecule has 3 nitrogen and oxygen atoms in total. The van der Waals surface area contributed by atoms with Gasteiger partial charge in [-0.2, -0.15) is 0 Å². The summed E-state index contributed by atoms with van der Waals surface area (Å²) in [5.41, 5.74) is 5.41. The zero-order valence-electron chi connectivity index (χ0n) is 8.38. The van der Waals surface area contributed by atoms with Crippen LogP contribution in [0.4, 0.5) is 0 Å². The Balaban J connectivity index is 3.47. The molecular formula is C8H21NO2Si. The zero-order chi connectivity index (χ0) is 9.40. The van der Waals surface area contributed by atoms with Crippen LogP contribution in [0.3, 0.4) is 0 Å². The maximum absolute atomic E-state index is 5.41. The predicted molar refractivity (Wildman–Crippen MR) is 53.9 cm³/mol. The first-order valence-electron chi connectivity index (χ1n) is 4.52. The van der Waals surface area contributed by atoms with Crippen LogP contribution in [0.1, 0.15) is 12.8 Å². The van der Waals surface area contributed by atoms with Gasteiger partial charge in [-0.05, 0) is 13.0 Å². The van der Waals surface area contributed by atoms with Gasteiger partial charge in [0.2, 0.25) is 0 Å². The van der Waals surface area contributed by atoms with Crippen molar-refractivity contribution in [1.29, 1.82) is 0 Å². The first-order valence-corrected chi connectivity index (χ1v) is 7.15. The highest BCUT2D eigenvalue weighted by atomic mass is 28.3. The number of unbranched alkanes of at least 4 members (excludes halogenated alkanes) is 1. The van der Waals surface area contributed by atoms with Crippen molar-refractivity contribution in [2.24, 2.45) is 5.73 Å². The molecule has 0 aromatic heterocycles. The third-order valence-electron chi connectivity index (χ3n) is 2.04. The van der Waals surface area contributed by atoms with Crippen LogP contribution in [0.15, 0.2) is 0 Å². The number of hydrogen-bond donors (Lipinski definition) is 1. The first-order chi connectivity index (χ1) is 5.76. The molecule has 0 amide bonds. The van der Waals surface area contributed by atoms with E-state index in [2.05, 4.69) is 6.55 Å². The molecule has 4 heteroatoms. The molecule has 0 heterocycles. The fourth-order valence-electron chi connectivity index (χ4n) is 1.31. The number of hydrogen-bond acceptors (Lipinski definition) is 3. The zero-order valence-corrected chi connectivity index (χ0v) is 9.53. The third-order valence-corrected chi connectivity index (χ3v) is 4.84. The van der Waals surface area contributed by atoms with E-state index in [4.69, 9.17) is 15.2 Å². The highest BCUT2D eigenvalue weighted by Crippen LogP contribution is 2.07. The molecule has 0 aliphatic heterocycles. The largest absolute Gasteiger partial charge is 0.360 e. The highest BCUT2D eigenvalue weighted by molar-refractivity contribution is 6.58. The lowest BCUT2D eigenvalue weighted by molar-refractivity contribution is -0.0469. The topological polar surface area (TPSA) is 44.5 Å². The van der Waals surface area contributed by atoms with E-state index in [9.17, 15) is 0 Å². The summed E-state index contributed by atoms with van der Waals surface area (Å²) in [5.74, 6) is 0.0720. The molecule has 0 bridgehead atoms. The van der Waals surface area contributed by atoms with E-state index >= 15 is 0 Å². The van der Waals surface area contributed by atoms with Crippen LogP contribution >= 0.6 is 0 Å². The predicted octanol–water partition coefficient (Wildman–Crippen LogP) is 0.740. The van der Waals surface area contributed by atoms with Crippen LogP contribution in [0, 0.1) is 0 Å². The standard InChI is InChI=1S/C8H21NO2Si/c1-10-8(11-2)12(3)7-5-4-6-9/h8,12H,4-7,9H2,1-3H3. The van der Waals surface area contributed by atoms with Gasteiger partial charge in [-0.3, -0.25) is 0 Å². The average molecular weight is 191 g/mol. The van der Waals surface area contributed by atoms with E-state index in [0.717, 1.165) is 13.0 Å². The maximum Gasteiger partial charge on any atom is 0.137 e. The number of nitrogens with two attached hydrogens (primary N) is 1. The summed E-state index contributed by atoms with van der Waals surface area (Å²) >= 11 is 0. The molecule has 0 aliphatic rings. The fourth-order valence-corrected chi connectivity index (χ4v) is 3.44. The summed E-state index contributed by atoms with van der Waals surface area (Å²) in [6.45, 7) is 3.07. The molecule has 0 saturated carbocycles. The van der Waals surface area contributed by atoms with Crippen molar-refractivity contribution >= 4 is 8.80 Å². The van der Waals surface area contributed by atoms with E-state index in [1.165, 1.54) is 12.5 Å². The van der Waals surface area contributed by atoms with Gasteiger partial charge in [-0.25, -0.2) is 0 Å². The van der Waals surface area contributed by atoms with E-state index in [1.807, 2.05) is 0 Å². The molecule has 0 aromatic rings. The summed E-state index contributed by atoms with van der Waals surface area (Å²) in [7, 11) is 2.57. The minimum absolute atomic E-state index is 0.0720. The van der Waals surface area contributed by atoms with Crippen molar-refractivity contribution in [2.45, 2.75) is 31.3 Å². The Hall–Kier alpha value is 0.0969. The molecule has 0 radical (unpaired) electrons. The second-order valence-electron chi connectivity index (χ2n) is 3.10. The maximum atomic E-state index is 5.41. The van der Waals surface area contributed by atoms with Crippen LogP contribution in [0.25, 0.3) is 0 Å². The van der Waals surface area contributed by atoms with Crippen LogP contribution < -0.4 is 5.73 Å². The van der Waals surface area contributed by atoms with Crippen molar-refractivity contribution in [3.8, 4) is 0 Å². The van der Waals surface area contributed by atoms with E-state index in [1.54, 1.807) is 14.2 Å². The number of rotatable bonds is 7. The minimum atomic E-state index is -0.849. The van der Waals surface area contributed by atoms with Crippen molar-refractivity contribution in [1.82, 2.24) is 0 Å². The Kier molecular flexibility index (Phi) is 7.79. The Morgan fingerprint density at radius 2 is 1.83 bits per heavy atom. The van der Waals surface area contributed by atoms with Crippen molar-refractivity contribution in [3.05, 3.63) is 0 Å². The summed E-state index contributed by atoms with van der Waals surface area (Å²) < 4.78 is 10.4. The second kappa shape index (κ2) is 7.73. The smallest absolute Gasteiger partial charge is 0.137 e. The van der Waals surface area contributed by atoms with Crippen molar-refractivity contribution in [2.75, 3.05) is 20.8 Å². The van der Waals surface area contributed by atoms with Crippen molar-refractivity contribution in [3.63, 3.8) is 0 Å². The monoisotopic (exact) mass is 191 g/mol. The summed E-state index contributed by atoms with van der Waals surface area (Å²) in [4.78, 5) is 0. The van der Waals surface area contributed by atoms with Gasteiger partial charge in [0.15, 0.2) is 0 Å². The van der Waals surface area contributed by atoms with Crippen LogP contribution in [0.2, 0.25) is 12.6 Å². The fraction of sp³-hybridized carbons (Fsp3) is 1.00. The quantitative estimate of drug-likeness (QED) is 0.367. The second-order valence-corrected chi connectivity index (χ2v) is 6.18. The Morgan fingerprint density at radius 1 is 1.25 bits per heavy atom. The molecule has 0 saturated heterocycles. The number of ether oxygens (including phenoxy) is 2. The van der Waals surface area contributed by atoms with Gasteiger partial charge in [0, 0.05) is 14.2 Å². The van der Waals surface area contributed by atoms with Gasteiger partial charge < -0.3 is 15.2 Å². The molecule has 2 N–H and O–H groups in total. The lowest BCUT2D eigenvalue weighted by Gasteiger charge is -2.19.